The van der Waals surface area contributed by atoms with Crippen LogP contribution < -0.4 is 10.5 Å². The molecule has 0 atom stereocenters. The van der Waals surface area contributed by atoms with Gasteiger partial charge in [0.1, 0.15) is 18.2 Å². The van der Waals surface area contributed by atoms with E-state index in [4.69, 9.17) is 22.1 Å². The van der Waals surface area contributed by atoms with Gasteiger partial charge in [0.2, 0.25) is 0 Å². The first-order chi connectivity index (χ1) is 7.17. The summed E-state index contributed by atoms with van der Waals surface area (Å²) in [5.41, 5.74) is 8.46. The summed E-state index contributed by atoms with van der Waals surface area (Å²) in [5.74, 6) is 0.282. The van der Waals surface area contributed by atoms with E-state index in [0.29, 0.717) is 17.9 Å². The fourth-order valence-electron chi connectivity index (χ4n) is 1.07. The summed E-state index contributed by atoms with van der Waals surface area (Å²) in [5, 5.41) is 0. The zero-order chi connectivity index (χ0) is 11.3. The molecule has 0 saturated heterocycles. The minimum absolute atomic E-state index is 0.247. The molecule has 0 saturated carbocycles. The van der Waals surface area contributed by atoms with Crippen molar-refractivity contribution >= 4 is 11.6 Å². The molecule has 0 unspecified atom stereocenters. The van der Waals surface area contributed by atoms with Crippen molar-refractivity contribution in [1.82, 2.24) is 0 Å². The van der Waals surface area contributed by atoms with Crippen LogP contribution in [0.4, 0.5) is 4.39 Å². The summed E-state index contributed by atoms with van der Waals surface area (Å²) >= 11 is 5.49. The molecule has 0 spiro atoms. The fraction of sp³-hybridized carbons (Fsp3) is 0.273. The standard InChI is InChI=1S/C11H13ClFNO/c1-8(5-12)7-15-11-3-2-10(13)4-9(11)6-14/h2-5H,6-7,14H2,1H3/b8-5-. The van der Waals surface area contributed by atoms with Crippen LogP contribution in [0.1, 0.15) is 12.5 Å². The van der Waals surface area contributed by atoms with E-state index in [1.54, 1.807) is 6.07 Å². The van der Waals surface area contributed by atoms with Crippen LogP contribution in [0, 0.1) is 5.82 Å². The Morgan fingerprint density at radius 1 is 1.60 bits per heavy atom. The molecule has 0 aliphatic carbocycles. The fourth-order valence-corrected chi connectivity index (χ4v) is 1.13. The van der Waals surface area contributed by atoms with Crippen LogP contribution in [0.5, 0.6) is 5.75 Å². The summed E-state index contributed by atoms with van der Waals surface area (Å²) < 4.78 is 18.3. The summed E-state index contributed by atoms with van der Waals surface area (Å²) in [7, 11) is 0. The van der Waals surface area contributed by atoms with E-state index in [-0.39, 0.29) is 12.4 Å². The maximum absolute atomic E-state index is 12.9. The number of ether oxygens (including phenoxy) is 1. The average Bonchev–Trinajstić information content (AvgIpc) is 2.26. The van der Waals surface area contributed by atoms with E-state index in [1.807, 2.05) is 6.92 Å². The third-order valence-corrected chi connectivity index (χ3v) is 2.26. The van der Waals surface area contributed by atoms with E-state index in [0.717, 1.165) is 5.57 Å². The molecule has 1 aromatic rings. The average molecular weight is 230 g/mol. The zero-order valence-corrected chi connectivity index (χ0v) is 9.22. The lowest BCUT2D eigenvalue weighted by Crippen LogP contribution is -2.04. The summed E-state index contributed by atoms with van der Waals surface area (Å²) in [4.78, 5) is 0. The van der Waals surface area contributed by atoms with Gasteiger partial charge in [-0.2, -0.15) is 0 Å². The van der Waals surface area contributed by atoms with Crippen LogP contribution >= 0.6 is 11.6 Å². The molecule has 2 nitrogen and oxygen atoms in total. The predicted octanol–water partition coefficient (Wildman–Crippen LogP) is 2.81. The van der Waals surface area contributed by atoms with Crippen molar-refractivity contribution in [2.24, 2.45) is 5.73 Å². The van der Waals surface area contributed by atoms with Crippen molar-refractivity contribution in [1.29, 1.82) is 0 Å². The monoisotopic (exact) mass is 229 g/mol. The number of nitrogens with two attached hydrogens (primary N) is 1. The topological polar surface area (TPSA) is 35.2 Å². The molecule has 0 aliphatic heterocycles. The van der Waals surface area contributed by atoms with Gasteiger partial charge in [-0.05, 0) is 30.7 Å². The highest BCUT2D eigenvalue weighted by Crippen LogP contribution is 2.19. The number of hydrogen-bond acceptors (Lipinski definition) is 2. The summed E-state index contributed by atoms with van der Waals surface area (Å²) in [6.45, 7) is 2.47. The van der Waals surface area contributed by atoms with Crippen molar-refractivity contribution in [3.05, 3.63) is 40.7 Å². The highest BCUT2D eigenvalue weighted by atomic mass is 35.5. The summed E-state index contributed by atoms with van der Waals surface area (Å²) in [6.07, 6.45) is 0. The Balaban J connectivity index is 2.76. The smallest absolute Gasteiger partial charge is 0.124 e. The maximum atomic E-state index is 12.9. The van der Waals surface area contributed by atoms with Gasteiger partial charge in [0, 0.05) is 17.6 Å². The second-order valence-corrected chi connectivity index (χ2v) is 3.42. The van der Waals surface area contributed by atoms with Crippen molar-refractivity contribution in [3.8, 4) is 5.75 Å². The highest BCUT2D eigenvalue weighted by Gasteiger charge is 2.03. The molecule has 1 aromatic carbocycles. The van der Waals surface area contributed by atoms with E-state index in [1.165, 1.54) is 17.7 Å². The molecule has 4 heteroatoms. The molecule has 0 aliphatic rings. The van der Waals surface area contributed by atoms with Gasteiger partial charge < -0.3 is 10.5 Å². The first-order valence-electron chi connectivity index (χ1n) is 4.54. The molecule has 0 radical (unpaired) electrons. The van der Waals surface area contributed by atoms with Gasteiger partial charge in [0.25, 0.3) is 0 Å². The van der Waals surface area contributed by atoms with Gasteiger partial charge in [-0.15, -0.1) is 0 Å². The minimum atomic E-state index is -0.313. The van der Waals surface area contributed by atoms with Crippen LogP contribution in [0.3, 0.4) is 0 Å². The molecule has 2 N–H and O–H groups in total. The van der Waals surface area contributed by atoms with E-state index in [2.05, 4.69) is 0 Å². The lowest BCUT2D eigenvalue weighted by molar-refractivity contribution is 0.348. The molecular weight excluding hydrogens is 217 g/mol. The molecule has 1 rings (SSSR count). The third kappa shape index (κ3) is 3.53. The lowest BCUT2D eigenvalue weighted by Gasteiger charge is -2.10. The Bertz CT molecular complexity index is 366. The van der Waals surface area contributed by atoms with Gasteiger partial charge in [-0.25, -0.2) is 4.39 Å². The normalized spacial score (nSPS) is 11.6. The molecule has 0 fully saturated rings. The van der Waals surface area contributed by atoms with Crippen molar-refractivity contribution < 1.29 is 9.13 Å². The van der Waals surface area contributed by atoms with E-state index in [9.17, 15) is 4.39 Å². The van der Waals surface area contributed by atoms with Gasteiger partial charge in [-0.3, -0.25) is 0 Å². The van der Waals surface area contributed by atoms with E-state index < -0.39 is 0 Å². The largest absolute Gasteiger partial charge is 0.489 e. The third-order valence-electron chi connectivity index (χ3n) is 1.88. The Morgan fingerprint density at radius 2 is 2.33 bits per heavy atom. The molecular formula is C11H13ClFNO. The first kappa shape index (κ1) is 12.0. The second-order valence-electron chi connectivity index (χ2n) is 3.20. The Morgan fingerprint density at radius 3 is 2.93 bits per heavy atom. The van der Waals surface area contributed by atoms with Gasteiger partial charge in [0.05, 0.1) is 0 Å². The molecule has 15 heavy (non-hydrogen) atoms. The van der Waals surface area contributed by atoms with Crippen LogP contribution in [0.2, 0.25) is 0 Å². The quantitative estimate of drug-likeness (QED) is 0.862. The minimum Gasteiger partial charge on any atom is -0.489 e. The predicted molar refractivity (Wildman–Crippen MR) is 59.4 cm³/mol. The van der Waals surface area contributed by atoms with Gasteiger partial charge in [-0.1, -0.05) is 11.6 Å². The van der Waals surface area contributed by atoms with Crippen LogP contribution in [0.25, 0.3) is 0 Å². The van der Waals surface area contributed by atoms with Gasteiger partial charge >= 0.3 is 0 Å². The first-order valence-corrected chi connectivity index (χ1v) is 4.98. The number of rotatable bonds is 4. The SMILES string of the molecule is C/C(=C/Cl)COc1ccc(F)cc1CN. The van der Waals surface area contributed by atoms with Crippen molar-refractivity contribution in [3.63, 3.8) is 0 Å². The van der Waals surface area contributed by atoms with Crippen LogP contribution in [0.15, 0.2) is 29.3 Å². The summed E-state index contributed by atoms with van der Waals surface area (Å²) in [6, 6.07) is 4.28. The van der Waals surface area contributed by atoms with Crippen molar-refractivity contribution in [2.45, 2.75) is 13.5 Å². The molecule has 0 amide bonds. The van der Waals surface area contributed by atoms with Crippen LogP contribution in [-0.2, 0) is 6.54 Å². The lowest BCUT2D eigenvalue weighted by atomic mass is 10.2. The maximum Gasteiger partial charge on any atom is 0.124 e. The zero-order valence-electron chi connectivity index (χ0n) is 8.47. The molecule has 0 heterocycles. The second kappa shape index (κ2) is 5.73. The molecule has 0 aromatic heterocycles. The Labute approximate surface area is 93.5 Å². The number of benzene rings is 1. The number of halogens is 2. The van der Waals surface area contributed by atoms with Crippen molar-refractivity contribution in [2.75, 3.05) is 6.61 Å². The highest BCUT2D eigenvalue weighted by molar-refractivity contribution is 6.25. The number of hydrogen-bond donors (Lipinski definition) is 1. The Hall–Kier alpha value is -1.06. The molecule has 82 valence electrons. The van der Waals surface area contributed by atoms with E-state index >= 15 is 0 Å². The van der Waals surface area contributed by atoms with Gasteiger partial charge in [0.15, 0.2) is 0 Å². The molecule has 0 bridgehead atoms. The van der Waals surface area contributed by atoms with Crippen LogP contribution in [-0.4, -0.2) is 6.61 Å². The Kier molecular flexibility index (Phi) is 4.59.